The van der Waals surface area contributed by atoms with E-state index in [2.05, 4.69) is 10.2 Å². The number of hydrogen-bond acceptors (Lipinski definition) is 6. The van der Waals surface area contributed by atoms with Crippen LogP contribution in [0.4, 0.5) is 5.69 Å². The summed E-state index contributed by atoms with van der Waals surface area (Å²) in [5.74, 6) is -0.402. The third-order valence-corrected chi connectivity index (χ3v) is 4.80. The van der Waals surface area contributed by atoms with Crippen molar-refractivity contribution in [2.45, 2.75) is 78.0 Å². The highest BCUT2D eigenvalue weighted by atomic mass is 35.5. The lowest BCUT2D eigenvalue weighted by atomic mass is 10.1. The lowest BCUT2D eigenvalue weighted by Gasteiger charge is -2.25. The monoisotopic (exact) mass is 516 g/mol. The molecule has 0 saturated heterocycles. The number of anilines is 1. The highest BCUT2D eigenvalue weighted by molar-refractivity contribution is 6.18. The summed E-state index contributed by atoms with van der Waals surface area (Å²) >= 11 is 11.7. The summed E-state index contributed by atoms with van der Waals surface area (Å²) in [6, 6.07) is 6.58. The average molecular weight is 517 g/mol. The van der Waals surface area contributed by atoms with Crippen LogP contribution in [0.25, 0.3) is 0 Å². The molecule has 34 heavy (non-hydrogen) atoms. The van der Waals surface area contributed by atoms with Gasteiger partial charge in [0.15, 0.2) is 0 Å². The topological polar surface area (TPSA) is 84.9 Å². The summed E-state index contributed by atoms with van der Waals surface area (Å²) in [7, 11) is 0. The second-order valence-corrected chi connectivity index (χ2v) is 10.7. The van der Waals surface area contributed by atoms with Crippen LogP contribution in [0.15, 0.2) is 24.3 Å². The first kappa shape index (κ1) is 30.0. The molecular weight excluding hydrogens is 479 g/mol. The maximum Gasteiger partial charge on any atom is 0.329 e. The number of esters is 2. The number of rotatable bonds is 12. The molecule has 0 aliphatic rings. The number of amides is 1. The third-order valence-electron chi connectivity index (χ3n) is 4.46. The van der Waals surface area contributed by atoms with Crippen LogP contribution in [0.2, 0.25) is 0 Å². The Bertz CT molecular complexity index is 795. The Balaban J connectivity index is 2.82. The maximum atomic E-state index is 12.7. The number of alkyl halides is 2. The van der Waals surface area contributed by atoms with Crippen LogP contribution in [0.3, 0.4) is 0 Å². The molecule has 0 saturated carbocycles. The van der Waals surface area contributed by atoms with Crippen LogP contribution >= 0.6 is 23.2 Å². The smallest absolute Gasteiger partial charge is 0.329 e. The zero-order chi connectivity index (χ0) is 25.9. The first-order valence-corrected chi connectivity index (χ1v) is 12.5. The Morgan fingerprint density at radius 1 is 0.912 bits per heavy atom. The first-order chi connectivity index (χ1) is 15.7. The van der Waals surface area contributed by atoms with Crippen LogP contribution in [0, 0.1) is 0 Å². The molecule has 1 rings (SSSR count). The molecule has 0 heterocycles. The summed E-state index contributed by atoms with van der Waals surface area (Å²) in [4.78, 5) is 39.6. The van der Waals surface area contributed by atoms with E-state index in [1.807, 2.05) is 24.3 Å². The number of halogens is 2. The van der Waals surface area contributed by atoms with Crippen LogP contribution in [0.1, 0.15) is 59.9 Å². The lowest BCUT2D eigenvalue weighted by molar-refractivity contribution is -0.160. The third kappa shape index (κ3) is 12.5. The molecule has 1 atom stereocenters. The van der Waals surface area contributed by atoms with Crippen LogP contribution < -0.4 is 10.2 Å². The standard InChI is InChI=1S/C25H38Cl2N2O5/c1-24(2,3)33-22(31)12-11-20(23(32)34-25(4,5)6)28-21(30)17-18-7-9-19(10-8-18)29(15-13-26)16-14-27/h7-10,20H,11-17H2,1-6H3,(H,28,30)/t20-/m0/s1. The Kier molecular flexibility index (Phi) is 12.2. The van der Waals surface area contributed by atoms with E-state index in [-0.39, 0.29) is 25.2 Å². The summed E-state index contributed by atoms with van der Waals surface area (Å²) < 4.78 is 10.7. The van der Waals surface area contributed by atoms with Crippen LogP contribution in [-0.4, -0.2) is 59.9 Å². The van der Waals surface area contributed by atoms with Crippen LogP contribution in [-0.2, 0) is 30.3 Å². The summed E-state index contributed by atoms with van der Waals surface area (Å²) in [5, 5.41) is 2.72. The van der Waals surface area contributed by atoms with Gasteiger partial charge in [-0.05, 0) is 65.7 Å². The molecule has 1 N–H and O–H groups in total. The predicted octanol–water partition coefficient (Wildman–Crippen LogP) is 4.46. The largest absolute Gasteiger partial charge is 0.460 e. The van der Waals surface area contributed by atoms with Gasteiger partial charge in [-0.15, -0.1) is 23.2 Å². The summed E-state index contributed by atoms with van der Waals surface area (Å²) in [6.45, 7) is 11.9. The quantitative estimate of drug-likeness (QED) is 0.326. The van der Waals surface area contributed by atoms with Gasteiger partial charge >= 0.3 is 11.9 Å². The molecule has 0 bridgehead atoms. The van der Waals surface area contributed by atoms with Gasteiger partial charge in [-0.2, -0.15) is 0 Å². The molecule has 0 spiro atoms. The molecule has 0 aromatic heterocycles. The van der Waals surface area contributed by atoms with Crippen molar-refractivity contribution in [3.8, 4) is 0 Å². The predicted molar refractivity (Wildman–Crippen MR) is 137 cm³/mol. The SMILES string of the molecule is CC(C)(C)OC(=O)CC[C@H](NC(=O)Cc1ccc(N(CCCl)CCCl)cc1)C(=O)OC(C)(C)C. The van der Waals surface area contributed by atoms with Crippen molar-refractivity contribution in [1.82, 2.24) is 5.32 Å². The van der Waals surface area contributed by atoms with Gasteiger partial charge in [-0.3, -0.25) is 9.59 Å². The summed E-state index contributed by atoms with van der Waals surface area (Å²) in [5.41, 5.74) is 0.402. The molecule has 192 valence electrons. The van der Waals surface area contributed by atoms with Gasteiger partial charge in [0.1, 0.15) is 17.2 Å². The van der Waals surface area contributed by atoms with Crippen molar-refractivity contribution in [1.29, 1.82) is 0 Å². The molecule has 0 radical (unpaired) electrons. The number of carbonyl (C=O) groups is 3. The minimum absolute atomic E-state index is 0.0207. The number of hydrogen-bond donors (Lipinski definition) is 1. The fourth-order valence-corrected chi connectivity index (χ4v) is 3.51. The number of nitrogens with one attached hydrogen (secondary N) is 1. The van der Waals surface area contributed by atoms with Gasteiger partial charge in [0.2, 0.25) is 5.91 Å². The fraction of sp³-hybridized carbons (Fsp3) is 0.640. The number of benzene rings is 1. The number of carbonyl (C=O) groups excluding carboxylic acids is 3. The van der Waals surface area contributed by atoms with Gasteiger partial charge in [-0.25, -0.2) is 4.79 Å². The van der Waals surface area contributed by atoms with E-state index in [1.165, 1.54) is 0 Å². The second kappa shape index (κ2) is 13.8. The van der Waals surface area contributed by atoms with E-state index >= 15 is 0 Å². The zero-order valence-electron chi connectivity index (χ0n) is 21.1. The Labute approximate surface area is 213 Å². The molecular formula is C25H38Cl2N2O5. The highest BCUT2D eigenvalue weighted by Gasteiger charge is 2.28. The highest BCUT2D eigenvalue weighted by Crippen LogP contribution is 2.17. The van der Waals surface area contributed by atoms with Crippen molar-refractivity contribution < 1.29 is 23.9 Å². The Hall–Kier alpha value is -1.99. The molecule has 0 aliphatic carbocycles. The van der Waals surface area contributed by atoms with E-state index in [0.29, 0.717) is 24.8 Å². The van der Waals surface area contributed by atoms with Gasteiger partial charge in [0, 0.05) is 37.0 Å². The minimum Gasteiger partial charge on any atom is -0.460 e. The minimum atomic E-state index is -0.957. The van der Waals surface area contributed by atoms with Crippen molar-refractivity contribution in [2.24, 2.45) is 0 Å². The molecule has 0 aliphatic heterocycles. The van der Waals surface area contributed by atoms with E-state index < -0.39 is 29.2 Å². The van der Waals surface area contributed by atoms with Crippen molar-refractivity contribution in [2.75, 3.05) is 29.7 Å². The molecule has 7 nitrogen and oxygen atoms in total. The van der Waals surface area contributed by atoms with Gasteiger partial charge in [-0.1, -0.05) is 12.1 Å². The van der Waals surface area contributed by atoms with E-state index in [0.717, 1.165) is 11.3 Å². The first-order valence-electron chi connectivity index (χ1n) is 11.4. The zero-order valence-corrected chi connectivity index (χ0v) is 22.6. The molecule has 1 amide bonds. The summed E-state index contributed by atoms with van der Waals surface area (Å²) in [6.07, 6.45) is 0.143. The van der Waals surface area contributed by atoms with Gasteiger partial charge in [0.25, 0.3) is 0 Å². The normalized spacial score (nSPS) is 12.6. The second-order valence-electron chi connectivity index (χ2n) is 9.99. The van der Waals surface area contributed by atoms with E-state index in [4.69, 9.17) is 32.7 Å². The molecule has 9 heteroatoms. The van der Waals surface area contributed by atoms with Crippen molar-refractivity contribution in [3.05, 3.63) is 29.8 Å². The molecule has 1 aromatic rings. The number of ether oxygens (including phenoxy) is 2. The average Bonchev–Trinajstić information content (AvgIpc) is 2.69. The van der Waals surface area contributed by atoms with Gasteiger partial charge in [0.05, 0.1) is 6.42 Å². The lowest BCUT2D eigenvalue weighted by Crippen LogP contribution is -2.45. The van der Waals surface area contributed by atoms with E-state index in [1.54, 1.807) is 41.5 Å². The maximum absolute atomic E-state index is 12.7. The van der Waals surface area contributed by atoms with Crippen molar-refractivity contribution >= 4 is 46.7 Å². The Morgan fingerprint density at radius 3 is 1.91 bits per heavy atom. The fourth-order valence-electron chi connectivity index (χ4n) is 3.11. The molecule has 1 aromatic carbocycles. The van der Waals surface area contributed by atoms with Crippen LogP contribution in [0.5, 0.6) is 0 Å². The molecule has 0 fully saturated rings. The van der Waals surface area contributed by atoms with Gasteiger partial charge < -0.3 is 19.7 Å². The molecule has 0 unspecified atom stereocenters. The van der Waals surface area contributed by atoms with Crippen molar-refractivity contribution in [3.63, 3.8) is 0 Å². The Morgan fingerprint density at radius 2 is 1.44 bits per heavy atom. The number of nitrogens with zero attached hydrogens (tertiary/aromatic N) is 1. The van der Waals surface area contributed by atoms with E-state index in [9.17, 15) is 14.4 Å².